The Kier molecular flexibility index (Phi) is 10.0. The molecule has 33 heavy (non-hydrogen) atoms. The molecule has 5 N–H and O–H groups in total. The maximum absolute atomic E-state index is 13.5. The molecule has 1 heterocycles. The van der Waals surface area contributed by atoms with Crippen LogP contribution in [0.5, 0.6) is 11.5 Å². The van der Waals surface area contributed by atoms with Gasteiger partial charge in [-0.3, -0.25) is 14.1 Å². The van der Waals surface area contributed by atoms with Gasteiger partial charge in [0, 0.05) is 6.92 Å². The number of amides is 1. The molecule has 186 valence electrons. The molecule has 0 aromatic heterocycles. The number of nitrogens with one attached hydrogen (secondary N) is 2. The summed E-state index contributed by atoms with van der Waals surface area (Å²) < 4.78 is 39.6. The summed E-state index contributed by atoms with van der Waals surface area (Å²) in [4.78, 5) is 23.2. The molecule has 1 amide bonds. The van der Waals surface area contributed by atoms with E-state index >= 15 is 0 Å². The number of esters is 1. The first-order chi connectivity index (χ1) is 15.6. The third-order valence-electron chi connectivity index (χ3n) is 4.51. The van der Waals surface area contributed by atoms with E-state index < -0.39 is 63.4 Å². The molecule has 13 nitrogen and oxygen atoms in total. The summed E-state index contributed by atoms with van der Waals surface area (Å²) in [7, 11) is -2.95. The third kappa shape index (κ3) is 7.64. The van der Waals surface area contributed by atoms with E-state index in [-0.39, 0.29) is 12.4 Å². The van der Waals surface area contributed by atoms with Crippen LogP contribution in [-0.2, 0) is 28.2 Å². The molecule has 0 radical (unpaired) electrons. The number of ether oxygens (including phenoxy) is 3. The zero-order chi connectivity index (χ0) is 24.6. The standard InChI is InChI=1S/C19H29N2O11P/c1-4-29-15(24)9-20-33(27,31-13-7-5-12(28-3)6-8-13)32-18-14(10-22)30-19(26)16(17(18)25)21-11(2)23/h5-8,14,16-19,22,25-26H,4,9-10H2,1-3H3,(H,20,27)(H,21,23)/t14-,16-,17-,18-,19+,33?/m1/s1. The van der Waals surface area contributed by atoms with Crippen molar-refractivity contribution in [1.29, 1.82) is 0 Å². The molecule has 1 unspecified atom stereocenters. The van der Waals surface area contributed by atoms with Crippen molar-refractivity contribution < 1.29 is 52.7 Å². The average molecular weight is 492 g/mol. The molecule has 2 rings (SSSR count). The van der Waals surface area contributed by atoms with Crippen LogP contribution in [0, 0.1) is 0 Å². The number of hydrogen-bond acceptors (Lipinski definition) is 11. The van der Waals surface area contributed by atoms with Crippen molar-refractivity contribution in [1.82, 2.24) is 10.4 Å². The predicted octanol–water partition coefficient (Wildman–Crippen LogP) is -0.705. The number of carbonyl (C=O) groups is 2. The minimum Gasteiger partial charge on any atom is -0.497 e. The van der Waals surface area contributed by atoms with Crippen LogP contribution in [0.25, 0.3) is 0 Å². The minimum absolute atomic E-state index is 0.0701. The molecule has 0 saturated carbocycles. The quantitative estimate of drug-likeness (QED) is 0.194. The first-order valence-electron chi connectivity index (χ1n) is 10.0. The highest BCUT2D eigenvalue weighted by atomic mass is 31.2. The van der Waals surface area contributed by atoms with Gasteiger partial charge >= 0.3 is 13.7 Å². The highest BCUT2D eigenvalue weighted by Gasteiger charge is 2.49. The van der Waals surface area contributed by atoms with E-state index in [4.69, 9.17) is 23.3 Å². The van der Waals surface area contributed by atoms with E-state index in [1.165, 1.54) is 31.4 Å². The lowest BCUT2D eigenvalue weighted by Crippen LogP contribution is -2.64. The zero-order valence-corrected chi connectivity index (χ0v) is 19.3. The van der Waals surface area contributed by atoms with Crippen molar-refractivity contribution in [2.45, 2.75) is 44.5 Å². The van der Waals surface area contributed by atoms with Gasteiger partial charge in [0.25, 0.3) is 0 Å². The number of hydrogen-bond donors (Lipinski definition) is 5. The van der Waals surface area contributed by atoms with E-state index in [1.54, 1.807) is 6.92 Å². The van der Waals surface area contributed by atoms with Gasteiger partial charge in [-0.1, -0.05) is 0 Å². The number of aliphatic hydroxyl groups is 3. The van der Waals surface area contributed by atoms with Crippen molar-refractivity contribution in [3.63, 3.8) is 0 Å². The monoisotopic (exact) mass is 492 g/mol. The summed E-state index contributed by atoms with van der Waals surface area (Å²) in [5, 5.41) is 35.1. The molecular formula is C19H29N2O11P. The Balaban J connectivity index is 2.29. The fourth-order valence-electron chi connectivity index (χ4n) is 3.00. The van der Waals surface area contributed by atoms with Gasteiger partial charge < -0.3 is 39.4 Å². The Morgan fingerprint density at radius 3 is 2.36 bits per heavy atom. The Bertz CT molecular complexity index is 838. The van der Waals surface area contributed by atoms with E-state index in [2.05, 4.69) is 10.4 Å². The van der Waals surface area contributed by atoms with Gasteiger partial charge in [-0.15, -0.1) is 0 Å². The van der Waals surface area contributed by atoms with Crippen LogP contribution >= 0.6 is 7.75 Å². The molecule has 1 saturated heterocycles. The smallest absolute Gasteiger partial charge is 0.459 e. The topological polar surface area (TPSA) is 182 Å². The second-order valence-corrected chi connectivity index (χ2v) is 8.64. The second-order valence-electron chi connectivity index (χ2n) is 6.94. The molecule has 14 heteroatoms. The predicted molar refractivity (Wildman–Crippen MR) is 112 cm³/mol. The number of methoxy groups -OCH3 is 1. The fourth-order valence-corrected chi connectivity index (χ4v) is 4.49. The zero-order valence-electron chi connectivity index (χ0n) is 18.4. The molecule has 1 aliphatic heterocycles. The van der Waals surface area contributed by atoms with Crippen LogP contribution in [0.4, 0.5) is 0 Å². The van der Waals surface area contributed by atoms with E-state index in [9.17, 15) is 29.5 Å². The fraction of sp³-hybridized carbons (Fsp3) is 0.579. The third-order valence-corrected chi connectivity index (χ3v) is 6.03. The summed E-state index contributed by atoms with van der Waals surface area (Å²) in [6.07, 6.45) is -6.20. The first kappa shape index (κ1) is 27.0. The lowest BCUT2D eigenvalue weighted by atomic mass is 9.97. The van der Waals surface area contributed by atoms with E-state index in [0.29, 0.717) is 5.75 Å². The number of rotatable bonds is 11. The van der Waals surface area contributed by atoms with E-state index in [0.717, 1.165) is 6.92 Å². The van der Waals surface area contributed by atoms with Crippen molar-refractivity contribution in [3.8, 4) is 11.5 Å². The Labute approximate surface area is 190 Å². The second kappa shape index (κ2) is 12.3. The van der Waals surface area contributed by atoms with Gasteiger partial charge in [0.1, 0.15) is 42.4 Å². The number of aliphatic hydroxyl groups excluding tert-OH is 3. The molecule has 0 spiro atoms. The van der Waals surface area contributed by atoms with Gasteiger partial charge in [0.15, 0.2) is 6.29 Å². The van der Waals surface area contributed by atoms with Gasteiger partial charge in [0.2, 0.25) is 5.91 Å². The molecule has 6 atom stereocenters. The highest BCUT2D eigenvalue weighted by molar-refractivity contribution is 7.52. The summed E-state index contributed by atoms with van der Waals surface area (Å²) in [6, 6.07) is 4.58. The Morgan fingerprint density at radius 2 is 1.82 bits per heavy atom. The Hall–Kier alpha value is -2.25. The lowest BCUT2D eigenvalue weighted by Gasteiger charge is -2.42. The first-order valence-corrected chi connectivity index (χ1v) is 11.6. The summed E-state index contributed by atoms with van der Waals surface area (Å²) in [5.41, 5.74) is 0. The van der Waals surface area contributed by atoms with Crippen molar-refractivity contribution in [2.75, 3.05) is 26.9 Å². The molecule has 1 aromatic rings. The average Bonchev–Trinajstić information content (AvgIpc) is 2.77. The van der Waals surface area contributed by atoms with Crippen LogP contribution in [-0.4, -0.2) is 84.7 Å². The van der Waals surface area contributed by atoms with Crippen molar-refractivity contribution in [3.05, 3.63) is 24.3 Å². The van der Waals surface area contributed by atoms with Crippen molar-refractivity contribution in [2.24, 2.45) is 0 Å². The van der Waals surface area contributed by atoms with Crippen LogP contribution in [0.1, 0.15) is 13.8 Å². The summed E-state index contributed by atoms with van der Waals surface area (Å²) in [5.74, 6) is -0.756. The Morgan fingerprint density at radius 1 is 1.18 bits per heavy atom. The molecule has 0 aliphatic carbocycles. The summed E-state index contributed by atoms with van der Waals surface area (Å²) >= 11 is 0. The number of carbonyl (C=O) groups excluding carboxylic acids is 2. The van der Waals surface area contributed by atoms with Crippen LogP contribution in [0.15, 0.2) is 24.3 Å². The number of benzene rings is 1. The maximum Gasteiger partial charge on any atom is 0.459 e. The van der Waals surface area contributed by atoms with Crippen LogP contribution in [0.3, 0.4) is 0 Å². The SMILES string of the molecule is CCOC(=O)CNP(=O)(Oc1ccc(OC)cc1)O[C@H]1[C@H](O)[C@@H](NC(C)=O)[C@@H](O)O[C@@H]1CO. The van der Waals surface area contributed by atoms with Gasteiger partial charge in [-0.05, 0) is 31.2 Å². The van der Waals surface area contributed by atoms with Crippen LogP contribution < -0.4 is 19.7 Å². The lowest BCUT2D eigenvalue weighted by molar-refractivity contribution is -0.249. The van der Waals surface area contributed by atoms with Gasteiger partial charge in [-0.2, -0.15) is 0 Å². The molecule has 0 bridgehead atoms. The largest absolute Gasteiger partial charge is 0.497 e. The van der Waals surface area contributed by atoms with Crippen LogP contribution in [0.2, 0.25) is 0 Å². The van der Waals surface area contributed by atoms with E-state index in [1.807, 2.05) is 0 Å². The van der Waals surface area contributed by atoms with Gasteiger partial charge in [-0.25, -0.2) is 9.65 Å². The minimum atomic E-state index is -4.42. The molecule has 1 fully saturated rings. The molecule has 1 aliphatic rings. The molecule has 1 aromatic carbocycles. The normalized spacial score (nSPS) is 26.7. The maximum atomic E-state index is 13.5. The van der Waals surface area contributed by atoms with Crippen molar-refractivity contribution >= 4 is 19.6 Å². The molecular weight excluding hydrogens is 463 g/mol. The van der Waals surface area contributed by atoms with Gasteiger partial charge in [0.05, 0.1) is 20.3 Å². The highest BCUT2D eigenvalue weighted by Crippen LogP contribution is 2.47. The summed E-state index contributed by atoms with van der Waals surface area (Å²) in [6.45, 7) is 1.55.